The van der Waals surface area contributed by atoms with Crippen molar-refractivity contribution in [3.8, 4) is 0 Å². The number of amides is 2. The van der Waals surface area contributed by atoms with Gasteiger partial charge in [-0.05, 0) is 25.0 Å². The number of nitrogens with zero attached hydrogens (tertiary/aromatic N) is 2. The van der Waals surface area contributed by atoms with E-state index in [9.17, 15) is 4.79 Å². The van der Waals surface area contributed by atoms with Gasteiger partial charge in [-0.15, -0.1) is 0 Å². The molecule has 0 aliphatic heterocycles. The van der Waals surface area contributed by atoms with Crippen LogP contribution in [0.2, 0.25) is 0 Å². The Morgan fingerprint density at radius 1 is 1.36 bits per heavy atom. The van der Waals surface area contributed by atoms with Crippen LogP contribution in [0, 0.1) is 6.92 Å². The van der Waals surface area contributed by atoms with Gasteiger partial charge in [-0.2, -0.15) is 5.10 Å². The smallest absolute Gasteiger partial charge is 0.320 e. The maximum Gasteiger partial charge on any atom is 0.320 e. The van der Waals surface area contributed by atoms with Gasteiger partial charge in [0, 0.05) is 19.4 Å². The topological polar surface area (TPSA) is 68.2 Å². The van der Waals surface area contributed by atoms with Crippen LogP contribution in [0.5, 0.6) is 0 Å². The van der Waals surface area contributed by atoms with E-state index in [1.165, 1.54) is 0 Å². The van der Waals surface area contributed by atoms with Crippen LogP contribution in [0.3, 0.4) is 0 Å². The average Bonchev–Trinajstić information content (AvgIpc) is 2.92. The maximum atomic E-state index is 12.0. The monoisotopic (exact) mass is 302 g/mol. The zero-order chi connectivity index (χ0) is 15.9. The van der Waals surface area contributed by atoms with Crippen molar-refractivity contribution in [1.29, 1.82) is 0 Å². The first kappa shape index (κ1) is 16.0. The second-order valence-electron chi connectivity index (χ2n) is 5.13. The number of nitrogens with one attached hydrogen (secondary N) is 2. The highest BCUT2D eigenvalue weighted by atomic mass is 16.5. The number of ether oxygens (including phenoxy) is 1. The number of carbonyl (C=O) groups is 1. The van der Waals surface area contributed by atoms with Gasteiger partial charge in [-0.3, -0.25) is 10.00 Å². The first-order chi connectivity index (χ1) is 10.6. The van der Waals surface area contributed by atoms with Crippen molar-refractivity contribution in [2.24, 2.45) is 0 Å². The van der Waals surface area contributed by atoms with E-state index in [1.807, 2.05) is 38.1 Å². The Balaban J connectivity index is 1.90. The van der Waals surface area contributed by atoms with Gasteiger partial charge < -0.3 is 10.1 Å². The highest BCUT2D eigenvalue weighted by Gasteiger charge is 2.12. The molecule has 0 aliphatic rings. The lowest BCUT2D eigenvalue weighted by atomic mass is 10.0. The minimum Gasteiger partial charge on any atom is -0.383 e. The van der Waals surface area contributed by atoms with E-state index >= 15 is 0 Å². The molecule has 0 saturated carbocycles. The lowest BCUT2D eigenvalue weighted by Gasteiger charge is -2.16. The fraction of sp³-hybridized carbons (Fsp3) is 0.375. The quantitative estimate of drug-likeness (QED) is 0.862. The van der Waals surface area contributed by atoms with Crippen LogP contribution in [-0.4, -0.2) is 29.5 Å². The van der Waals surface area contributed by atoms with Crippen LogP contribution in [0.25, 0.3) is 0 Å². The molecule has 1 heterocycles. The fourth-order valence-electron chi connectivity index (χ4n) is 2.24. The van der Waals surface area contributed by atoms with Gasteiger partial charge in [-0.25, -0.2) is 4.79 Å². The summed E-state index contributed by atoms with van der Waals surface area (Å²) in [5, 5.41) is 9.90. The lowest BCUT2D eigenvalue weighted by molar-refractivity contribution is 0.183. The first-order valence-corrected chi connectivity index (χ1v) is 7.25. The highest BCUT2D eigenvalue weighted by molar-refractivity contribution is 5.88. The molecular formula is C16H22N4O2. The van der Waals surface area contributed by atoms with Crippen molar-refractivity contribution < 1.29 is 9.53 Å². The molecule has 1 aromatic heterocycles. The molecule has 2 aromatic rings. The Hall–Kier alpha value is -2.34. The van der Waals surface area contributed by atoms with Crippen molar-refractivity contribution in [3.05, 3.63) is 47.7 Å². The van der Waals surface area contributed by atoms with E-state index in [0.29, 0.717) is 19.0 Å². The summed E-state index contributed by atoms with van der Waals surface area (Å²) in [5.41, 5.74) is 2.25. The van der Waals surface area contributed by atoms with Crippen molar-refractivity contribution >= 4 is 11.8 Å². The molecule has 1 aromatic carbocycles. The number of anilines is 1. The number of benzene rings is 1. The van der Waals surface area contributed by atoms with Crippen LogP contribution in [0.15, 0.2) is 36.5 Å². The molecule has 0 aliphatic carbocycles. The molecule has 2 N–H and O–H groups in total. The van der Waals surface area contributed by atoms with Crippen molar-refractivity contribution in [2.45, 2.75) is 26.4 Å². The number of hydrogen-bond donors (Lipinski definition) is 2. The molecule has 1 atom stereocenters. The van der Waals surface area contributed by atoms with E-state index in [2.05, 4.69) is 15.7 Å². The fourth-order valence-corrected chi connectivity index (χ4v) is 2.24. The molecule has 0 bridgehead atoms. The molecule has 0 fully saturated rings. The number of aromatic nitrogens is 2. The van der Waals surface area contributed by atoms with Gasteiger partial charge in [0.25, 0.3) is 0 Å². The molecule has 1 unspecified atom stereocenters. The highest BCUT2D eigenvalue weighted by Crippen LogP contribution is 2.16. The summed E-state index contributed by atoms with van der Waals surface area (Å²) in [4.78, 5) is 12.0. The summed E-state index contributed by atoms with van der Waals surface area (Å²) in [5.74, 6) is 0.519. The van der Waals surface area contributed by atoms with Gasteiger partial charge in [-0.1, -0.05) is 24.3 Å². The second-order valence-corrected chi connectivity index (χ2v) is 5.13. The summed E-state index contributed by atoms with van der Waals surface area (Å²) in [6, 6.07) is 9.41. The Kier molecular flexibility index (Phi) is 5.55. The van der Waals surface area contributed by atoms with E-state index in [0.717, 1.165) is 11.1 Å². The second kappa shape index (κ2) is 7.61. The number of hydrogen-bond acceptors (Lipinski definition) is 3. The lowest BCUT2D eigenvalue weighted by Crippen LogP contribution is -2.31. The predicted molar refractivity (Wildman–Crippen MR) is 85.9 cm³/mol. The standard InChI is InChI=1S/C16H22N4O2/c1-12-6-4-5-7-14(12)13(2)17-16(21)18-15-8-9-20(19-15)10-11-22-3/h4-9,13H,10-11H2,1-3H3,(H2,17,18,19,21). The summed E-state index contributed by atoms with van der Waals surface area (Å²) < 4.78 is 6.71. The van der Waals surface area contributed by atoms with Gasteiger partial charge in [0.15, 0.2) is 5.82 Å². The van der Waals surface area contributed by atoms with Gasteiger partial charge >= 0.3 is 6.03 Å². The summed E-state index contributed by atoms with van der Waals surface area (Å²) in [7, 11) is 1.64. The number of methoxy groups -OCH3 is 1. The largest absolute Gasteiger partial charge is 0.383 e. The van der Waals surface area contributed by atoms with Gasteiger partial charge in [0.2, 0.25) is 0 Å². The molecule has 0 radical (unpaired) electrons. The van der Waals surface area contributed by atoms with Crippen molar-refractivity contribution in [2.75, 3.05) is 19.0 Å². The zero-order valence-electron chi connectivity index (χ0n) is 13.2. The third-order valence-electron chi connectivity index (χ3n) is 3.41. The minimum atomic E-state index is -0.271. The molecule has 6 nitrogen and oxygen atoms in total. The first-order valence-electron chi connectivity index (χ1n) is 7.25. The molecule has 2 amide bonds. The van der Waals surface area contributed by atoms with Crippen molar-refractivity contribution in [3.63, 3.8) is 0 Å². The molecule has 6 heteroatoms. The zero-order valence-corrected chi connectivity index (χ0v) is 13.2. The molecule has 0 saturated heterocycles. The third kappa shape index (κ3) is 4.33. The van der Waals surface area contributed by atoms with Crippen LogP contribution >= 0.6 is 0 Å². The molecule has 22 heavy (non-hydrogen) atoms. The number of aryl methyl sites for hydroxylation is 1. The molecular weight excluding hydrogens is 280 g/mol. The number of rotatable bonds is 6. The third-order valence-corrected chi connectivity index (χ3v) is 3.41. The Morgan fingerprint density at radius 3 is 2.86 bits per heavy atom. The van der Waals surface area contributed by atoms with Gasteiger partial charge in [0.05, 0.1) is 19.2 Å². The van der Waals surface area contributed by atoms with Crippen LogP contribution in [-0.2, 0) is 11.3 Å². The predicted octanol–water partition coefficient (Wildman–Crippen LogP) is 2.72. The summed E-state index contributed by atoms with van der Waals surface area (Å²) in [6.45, 7) is 5.22. The summed E-state index contributed by atoms with van der Waals surface area (Å²) in [6.07, 6.45) is 1.80. The van der Waals surface area contributed by atoms with Crippen LogP contribution in [0.1, 0.15) is 24.1 Å². The SMILES string of the molecule is COCCn1ccc(NC(=O)NC(C)c2ccccc2C)n1. The van der Waals surface area contributed by atoms with E-state index in [4.69, 9.17) is 4.74 Å². The van der Waals surface area contributed by atoms with Crippen molar-refractivity contribution in [1.82, 2.24) is 15.1 Å². The Labute approximate surface area is 130 Å². The minimum absolute atomic E-state index is 0.0724. The maximum absolute atomic E-state index is 12.0. The molecule has 0 spiro atoms. The van der Waals surface area contributed by atoms with Crippen LogP contribution < -0.4 is 10.6 Å². The number of carbonyl (C=O) groups excluding carboxylic acids is 1. The van der Waals surface area contributed by atoms with Crippen LogP contribution in [0.4, 0.5) is 10.6 Å². The van der Waals surface area contributed by atoms with E-state index in [-0.39, 0.29) is 12.1 Å². The normalized spacial score (nSPS) is 12.0. The summed E-state index contributed by atoms with van der Waals surface area (Å²) >= 11 is 0. The van der Waals surface area contributed by atoms with E-state index in [1.54, 1.807) is 24.1 Å². The molecule has 118 valence electrons. The number of urea groups is 1. The van der Waals surface area contributed by atoms with Gasteiger partial charge in [0.1, 0.15) is 0 Å². The Bertz CT molecular complexity index is 624. The Morgan fingerprint density at radius 2 is 2.14 bits per heavy atom. The average molecular weight is 302 g/mol. The van der Waals surface area contributed by atoms with E-state index < -0.39 is 0 Å². The molecule has 2 rings (SSSR count).